The highest BCUT2D eigenvalue weighted by atomic mass is 28.4. The van der Waals surface area contributed by atoms with Gasteiger partial charge < -0.3 is 18.5 Å². The van der Waals surface area contributed by atoms with Crippen LogP contribution in [-0.2, 0) is 20.2 Å². The van der Waals surface area contributed by atoms with E-state index in [0.717, 1.165) is 17.6 Å². The van der Waals surface area contributed by atoms with E-state index in [-0.39, 0.29) is 29.5 Å². The van der Waals surface area contributed by atoms with E-state index in [1.165, 1.54) is 5.56 Å². The van der Waals surface area contributed by atoms with Gasteiger partial charge >= 0.3 is 7.12 Å². The summed E-state index contributed by atoms with van der Waals surface area (Å²) in [5, 5.41) is 0.211. The molecule has 0 N–H and O–H groups in total. The van der Waals surface area contributed by atoms with Gasteiger partial charge in [0.1, 0.15) is 11.9 Å². The fraction of sp³-hybridized carbons (Fsp3) is 0.714. The second-order valence-corrected chi connectivity index (χ2v) is 15.3. The molecular weight excluding hydrogens is 355 g/mol. The van der Waals surface area contributed by atoms with Gasteiger partial charge in [-0.05, 0) is 62.9 Å². The molecule has 0 bridgehead atoms. The standard InChI is InChI=1S/C21H35BO4Si/c1-19(2,3)27(8,9)23-14-17-13-15-12-16(10-11-18(15)24-17)22-25-20(4,5)21(6,7)26-22/h10-12,17H,13-14H2,1-9H3. The summed E-state index contributed by atoms with van der Waals surface area (Å²) in [4.78, 5) is 0. The summed E-state index contributed by atoms with van der Waals surface area (Å²) in [5.41, 5.74) is 1.62. The molecule has 1 saturated heterocycles. The van der Waals surface area contributed by atoms with E-state index in [9.17, 15) is 0 Å². The second-order valence-electron chi connectivity index (χ2n) is 10.5. The topological polar surface area (TPSA) is 36.9 Å². The van der Waals surface area contributed by atoms with Gasteiger partial charge in [-0.25, -0.2) is 0 Å². The van der Waals surface area contributed by atoms with Crippen LogP contribution in [0.2, 0.25) is 18.1 Å². The minimum Gasteiger partial charge on any atom is -0.487 e. The zero-order valence-electron chi connectivity index (χ0n) is 18.4. The smallest absolute Gasteiger partial charge is 0.487 e. The summed E-state index contributed by atoms with van der Waals surface area (Å²) >= 11 is 0. The molecule has 1 unspecified atom stereocenters. The SMILES string of the molecule is CC1(C)OB(c2ccc3c(c2)CC(CO[Si](C)(C)C(C)(C)C)O3)OC1(C)C. The maximum absolute atomic E-state index is 6.36. The van der Waals surface area contributed by atoms with E-state index in [1.54, 1.807) is 0 Å². The summed E-state index contributed by atoms with van der Waals surface area (Å²) in [7, 11) is -2.09. The van der Waals surface area contributed by atoms with Crippen molar-refractivity contribution in [1.29, 1.82) is 0 Å². The average molecular weight is 390 g/mol. The zero-order valence-corrected chi connectivity index (χ0v) is 19.4. The Balaban J connectivity index is 1.66. The Hall–Kier alpha value is -0.818. The maximum Gasteiger partial charge on any atom is 0.494 e. The molecule has 4 nitrogen and oxygen atoms in total. The predicted molar refractivity (Wildman–Crippen MR) is 113 cm³/mol. The summed E-state index contributed by atoms with van der Waals surface area (Å²) in [6.45, 7) is 20.3. The van der Waals surface area contributed by atoms with E-state index < -0.39 is 8.32 Å². The molecule has 1 aromatic rings. The lowest BCUT2D eigenvalue weighted by Gasteiger charge is -2.36. The summed E-state index contributed by atoms with van der Waals surface area (Å²) < 4.78 is 24.9. The van der Waals surface area contributed by atoms with Crippen molar-refractivity contribution in [3.8, 4) is 5.75 Å². The molecule has 2 aliphatic heterocycles. The lowest BCUT2D eigenvalue weighted by molar-refractivity contribution is 0.00578. The summed E-state index contributed by atoms with van der Waals surface area (Å²) in [6, 6.07) is 6.27. The minimum atomic E-state index is -1.76. The highest BCUT2D eigenvalue weighted by molar-refractivity contribution is 6.74. The third kappa shape index (κ3) is 4.00. The number of hydrogen-bond donors (Lipinski definition) is 0. The highest BCUT2D eigenvalue weighted by Gasteiger charge is 2.51. The summed E-state index contributed by atoms with van der Waals surface area (Å²) in [6.07, 6.45) is 0.958. The van der Waals surface area contributed by atoms with Crippen LogP contribution in [0.1, 0.15) is 54.0 Å². The number of hydrogen-bond acceptors (Lipinski definition) is 4. The summed E-state index contributed by atoms with van der Waals surface area (Å²) in [5.74, 6) is 0.957. The molecule has 27 heavy (non-hydrogen) atoms. The fourth-order valence-corrected chi connectivity index (χ4v) is 4.11. The van der Waals surface area contributed by atoms with Crippen molar-refractivity contribution in [2.45, 2.75) is 90.3 Å². The number of ether oxygens (including phenoxy) is 1. The van der Waals surface area contributed by atoms with Crippen molar-refractivity contribution < 1.29 is 18.5 Å². The maximum atomic E-state index is 6.36. The van der Waals surface area contributed by atoms with Gasteiger partial charge in [0.25, 0.3) is 0 Å². The van der Waals surface area contributed by atoms with Crippen LogP contribution in [-0.4, -0.2) is 39.3 Å². The first-order valence-electron chi connectivity index (χ1n) is 10.0. The monoisotopic (exact) mass is 390 g/mol. The molecule has 6 heteroatoms. The van der Waals surface area contributed by atoms with Crippen LogP contribution in [0.15, 0.2) is 18.2 Å². The average Bonchev–Trinajstić information content (AvgIpc) is 3.01. The van der Waals surface area contributed by atoms with Crippen LogP contribution in [0.4, 0.5) is 0 Å². The number of benzene rings is 1. The molecule has 1 atom stereocenters. The first-order valence-corrected chi connectivity index (χ1v) is 12.9. The molecule has 150 valence electrons. The van der Waals surface area contributed by atoms with Gasteiger partial charge in [-0.2, -0.15) is 0 Å². The molecule has 1 aromatic carbocycles. The van der Waals surface area contributed by atoms with Crippen molar-refractivity contribution in [2.75, 3.05) is 6.61 Å². The molecule has 0 spiro atoms. The fourth-order valence-electron chi connectivity index (χ4n) is 3.08. The van der Waals surface area contributed by atoms with E-state index in [0.29, 0.717) is 6.61 Å². The molecule has 2 heterocycles. The Labute approximate surface area is 166 Å². The first kappa shape index (κ1) is 20.9. The molecular formula is C21H35BO4Si. The Kier molecular flexibility index (Phi) is 5.12. The molecule has 0 aliphatic carbocycles. The second kappa shape index (κ2) is 6.61. The van der Waals surface area contributed by atoms with Gasteiger partial charge in [0.05, 0.1) is 17.8 Å². The molecule has 0 saturated carbocycles. The quantitative estimate of drug-likeness (QED) is 0.718. The molecule has 2 aliphatic rings. The highest BCUT2D eigenvalue weighted by Crippen LogP contribution is 2.38. The Bertz CT molecular complexity index is 693. The molecule has 0 aromatic heterocycles. The van der Waals surface area contributed by atoms with Crippen molar-refractivity contribution in [2.24, 2.45) is 0 Å². The normalized spacial score (nSPS) is 24.0. The Morgan fingerprint density at radius 2 is 1.70 bits per heavy atom. The van der Waals surface area contributed by atoms with E-state index >= 15 is 0 Å². The number of fused-ring (bicyclic) bond motifs is 1. The van der Waals surface area contributed by atoms with Crippen molar-refractivity contribution in [3.63, 3.8) is 0 Å². The molecule has 0 amide bonds. The lowest BCUT2D eigenvalue weighted by atomic mass is 9.78. The van der Waals surface area contributed by atoms with Crippen LogP contribution < -0.4 is 10.2 Å². The van der Waals surface area contributed by atoms with Crippen LogP contribution in [0.25, 0.3) is 0 Å². The molecule has 3 rings (SSSR count). The van der Waals surface area contributed by atoms with E-state index in [1.807, 2.05) is 6.07 Å². The van der Waals surface area contributed by atoms with Crippen molar-refractivity contribution >= 4 is 20.9 Å². The first-order chi connectivity index (χ1) is 12.2. The van der Waals surface area contributed by atoms with Crippen LogP contribution in [0.5, 0.6) is 5.75 Å². The van der Waals surface area contributed by atoms with Crippen LogP contribution in [0.3, 0.4) is 0 Å². The van der Waals surface area contributed by atoms with Gasteiger partial charge in [-0.1, -0.05) is 32.9 Å². The Morgan fingerprint density at radius 1 is 1.11 bits per heavy atom. The predicted octanol–water partition coefficient (Wildman–Crippen LogP) is 4.31. The lowest BCUT2D eigenvalue weighted by Crippen LogP contribution is -2.43. The largest absolute Gasteiger partial charge is 0.494 e. The zero-order chi connectivity index (χ0) is 20.3. The van der Waals surface area contributed by atoms with Gasteiger partial charge in [0.15, 0.2) is 8.32 Å². The van der Waals surface area contributed by atoms with Crippen LogP contribution >= 0.6 is 0 Å². The third-order valence-electron chi connectivity index (χ3n) is 6.79. The Morgan fingerprint density at radius 3 is 2.26 bits per heavy atom. The molecule has 0 radical (unpaired) electrons. The van der Waals surface area contributed by atoms with E-state index in [4.69, 9.17) is 18.5 Å². The van der Waals surface area contributed by atoms with Gasteiger partial charge in [0.2, 0.25) is 0 Å². The van der Waals surface area contributed by atoms with Crippen LogP contribution in [0, 0.1) is 0 Å². The van der Waals surface area contributed by atoms with Gasteiger partial charge in [-0.3, -0.25) is 0 Å². The van der Waals surface area contributed by atoms with Crippen molar-refractivity contribution in [3.05, 3.63) is 23.8 Å². The minimum absolute atomic E-state index is 0.0858. The number of rotatable bonds is 4. The van der Waals surface area contributed by atoms with Crippen molar-refractivity contribution in [1.82, 2.24) is 0 Å². The molecule has 1 fully saturated rings. The van der Waals surface area contributed by atoms with E-state index in [2.05, 4.69) is 73.7 Å². The van der Waals surface area contributed by atoms with Gasteiger partial charge in [0, 0.05) is 6.42 Å². The van der Waals surface area contributed by atoms with Gasteiger partial charge in [-0.15, -0.1) is 0 Å². The third-order valence-corrected chi connectivity index (χ3v) is 11.3.